The van der Waals surface area contributed by atoms with E-state index in [0.717, 1.165) is 16.8 Å². The summed E-state index contributed by atoms with van der Waals surface area (Å²) in [5, 5.41) is 6.76. The van der Waals surface area contributed by atoms with Crippen molar-refractivity contribution in [3.8, 4) is 11.3 Å². The number of anilines is 2. The number of aromatic nitrogens is 2. The van der Waals surface area contributed by atoms with E-state index in [2.05, 4.69) is 10.4 Å². The second-order valence-electron chi connectivity index (χ2n) is 5.45. The second-order valence-corrected chi connectivity index (χ2v) is 5.45. The summed E-state index contributed by atoms with van der Waals surface area (Å²) in [5.41, 5.74) is 0.248. The maximum atomic E-state index is 13.4. The van der Waals surface area contributed by atoms with E-state index in [4.69, 9.17) is 0 Å². The standard InChI is InChI=1S/C18H13F4N3O/c1-2-25-18(26)16(23-12-7-13(20)17(22)14(21)8-12)9-15(24-25)10-3-5-11(19)6-4-10/h3-9,23H,2H2,1H3. The van der Waals surface area contributed by atoms with Crippen molar-refractivity contribution in [1.29, 1.82) is 0 Å². The Morgan fingerprint density at radius 3 is 2.19 bits per heavy atom. The number of nitrogens with zero attached hydrogens (tertiary/aromatic N) is 2. The predicted molar refractivity (Wildman–Crippen MR) is 89.2 cm³/mol. The molecule has 0 unspecified atom stereocenters. The number of rotatable bonds is 4. The molecule has 0 aliphatic heterocycles. The normalized spacial score (nSPS) is 10.8. The third-order valence-electron chi connectivity index (χ3n) is 3.68. The number of benzene rings is 2. The molecule has 4 nitrogen and oxygen atoms in total. The van der Waals surface area contributed by atoms with Crippen molar-refractivity contribution in [2.45, 2.75) is 13.5 Å². The van der Waals surface area contributed by atoms with Crippen molar-refractivity contribution in [3.63, 3.8) is 0 Å². The lowest BCUT2D eigenvalue weighted by Crippen LogP contribution is -2.24. The first kappa shape index (κ1) is 17.7. The molecule has 3 aromatic rings. The van der Waals surface area contributed by atoms with E-state index in [-0.39, 0.29) is 17.9 Å². The third kappa shape index (κ3) is 3.44. The highest BCUT2D eigenvalue weighted by Crippen LogP contribution is 2.23. The fourth-order valence-corrected chi connectivity index (χ4v) is 2.39. The van der Waals surface area contributed by atoms with Crippen LogP contribution < -0.4 is 10.9 Å². The van der Waals surface area contributed by atoms with Crippen molar-refractivity contribution in [1.82, 2.24) is 9.78 Å². The summed E-state index contributed by atoms with van der Waals surface area (Å²) in [4.78, 5) is 12.4. The lowest BCUT2D eigenvalue weighted by molar-refractivity contribution is 0.448. The Bertz CT molecular complexity index is 993. The SMILES string of the molecule is CCn1nc(-c2ccc(F)cc2)cc(Nc2cc(F)c(F)c(F)c2)c1=O. The number of nitrogens with one attached hydrogen (secondary N) is 1. The van der Waals surface area contributed by atoms with E-state index in [9.17, 15) is 22.4 Å². The van der Waals surface area contributed by atoms with Gasteiger partial charge in [0.1, 0.15) is 11.5 Å². The highest BCUT2D eigenvalue weighted by atomic mass is 19.2. The summed E-state index contributed by atoms with van der Waals surface area (Å²) < 4.78 is 54.1. The Labute approximate surface area is 145 Å². The maximum absolute atomic E-state index is 13.4. The number of halogens is 4. The van der Waals surface area contributed by atoms with Gasteiger partial charge in [-0.25, -0.2) is 22.2 Å². The molecule has 0 fully saturated rings. The topological polar surface area (TPSA) is 46.9 Å². The van der Waals surface area contributed by atoms with Crippen LogP contribution in [0.5, 0.6) is 0 Å². The summed E-state index contributed by atoms with van der Waals surface area (Å²) in [6.45, 7) is 1.94. The van der Waals surface area contributed by atoms with Gasteiger partial charge in [-0.2, -0.15) is 5.10 Å². The Morgan fingerprint density at radius 1 is 1.00 bits per heavy atom. The highest BCUT2D eigenvalue weighted by molar-refractivity contribution is 5.67. The van der Waals surface area contributed by atoms with E-state index < -0.39 is 28.8 Å². The average Bonchev–Trinajstić information content (AvgIpc) is 2.62. The molecule has 3 rings (SSSR count). The van der Waals surface area contributed by atoms with Crippen LogP contribution in [0.3, 0.4) is 0 Å². The molecule has 0 radical (unpaired) electrons. The predicted octanol–water partition coefficient (Wildman–Crippen LogP) is 4.23. The molecule has 0 atom stereocenters. The van der Waals surface area contributed by atoms with Crippen LogP contribution in [0.15, 0.2) is 47.3 Å². The van der Waals surface area contributed by atoms with Gasteiger partial charge in [-0.3, -0.25) is 4.79 Å². The van der Waals surface area contributed by atoms with Crippen LogP contribution >= 0.6 is 0 Å². The quantitative estimate of drug-likeness (QED) is 0.557. The molecular formula is C18H13F4N3O. The van der Waals surface area contributed by atoms with Crippen molar-refractivity contribution in [2.24, 2.45) is 0 Å². The van der Waals surface area contributed by atoms with Gasteiger partial charge < -0.3 is 5.32 Å². The van der Waals surface area contributed by atoms with E-state index in [1.54, 1.807) is 6.92 Å². The lowest BCUT2D eigenvalue weighted by Gasteiger charge is -2.11. The minimum Gasteiger partial charge on any atom is -0.351 e. The van der Waals surface area contributed by atoms with E-state index in [1.165, 1.54) is 30.3 Å². The first-order valence-corrected chi connectivity index (χ1v) is 7.68. The molecule has 8 heteroatoms. The Hall–Kier alpha value is -3.16. The van der Waals surface area contributed by atoms with E-state index >= 15 is 0 Å². The van der Waals surface area contributed by atoms with E-state index in [0.29, 0.717) is 11.3 Å². The van der Waals surface area contributed by atoms with Crippen LogP contribution in [0.25, 0.3) is 11.3 Å². The van der Waals surface area contributed by atoms with Crippen molar-refractivity contribution in [3.05, 3.63) is 76.1 Å². The van der Waals surface area contributed by atoms with Gasteiger partial charge in [0.15, 0.2) is 17.5 Å². The van der Waals surface area contributed by atoms with Gasteiger partial charge in [-0.05, 0) is 37.3 Å². The molecule has 0 spiro atoms. The summed E-state index contributed by atoms with van der Waals surface area (Å²) >= 11 is 0. The van der Waals surface area contributed by atoms with Crippen molar-refractivity contribution >= 4 is 11.4 Å². The summed E-state index contributed by atoms with van der Waals surface area (Å²) in [6, 6.07) is 8.33. The molecule has 134 valence electrons. The molecule has 1 N–H and O–H groups in total. The third-order valence-corrected chi connectivity index (χ3v) is 3.68. The molecular weight excluding hydrogens is 350 g/mol. The van der Waals surface area contributed by atoms with Crippen LogP contribution in [-0.2, 0) is 6.54 Å². The first-order chi connectivity index (χ1) is 12.4. The second kappa shape index (κ2) is 6.99. The van der Waals surface area contributed by atoms with Crippen LogP contribution in [-0.4, -0.2) is 9.78 Å². The minimum atomic E-state index is -1.59. The molecule has 1 heterocycles. The van der Waals surface area contributed by atoms with Gasteiger partial charge in [0.25, 0.3) is 5.56 Å². The monoisotopic (exact) mass is 363 g/mol. The highest BCUT2D eigenvalue weighted by Gasteiger charge is 2.14. The largest absolute Gasteiger partial charge is 0.351 e. The maximum Gasteiger partial charge on any atom is 0.290 e. The lowest BCUT2D eigenvalue weighted by atomic mass is 10.1. The zero-order chi connectivity index (χ0) is 18.8. The average molecular weight is 363 g/mol. The van der Waals surface area contributed by atoms with Crippen LogP contribution in [0.4, 0.5) is 28.9 Å². The number of aryl methyl sites for hydroxylation is 1. The van der Waals surface area contributed by atoms with Gasteiger partial charge in [-0.15, -0.1) is 0 Å². The minimum absolute atomic E-state index is 0.00779. The fourth-order valence-electron chi connectivity index (χ4n) is 2.39. The molecule has 0 saturated carbocycles. The summed E-state index contributed by atoms with van der Waals surface area (Å²) in [7, 11) is 0. The molecule has 0 aliphatic carbocycles. The Balaban J connectivity index is 2.07. The smallest absolute Gasteiger partial charge is 0.290 e. The van der Waals surface area contributed by atoms with Gasteiger partial charge in [-0.1, -0.05) is 0 Å². The van der Waals surface area contributed by atoms with Gasteiger partial charge in [0, 0.05) is 29.9 Å². The summed E-state index contributed by atoms with van der Waals surface area (Å²) in [5.74, 6) is -4.77. The van der Waals surface area contributed by atoms with Gasteiger partial charge in [0.2, 0.25) is 0 Å². The van der Waals surface area contributed by atoms with Crippen molar-refractivity contribution in [2.75, 3.05) is 5.32 Å². The van der Waals surface area contributed by atoms with Crippen LogP contribution in [0, 0.1) is 23.3 Å². The molecule has 26 heavy (non-hydrogen) atoms. The zero-order valence-electron chi connectivity index (χ0n) is 13.6. The number of hydrogen-bond donors (Lipinski definition) is 1. The Morgan fingerprint density at radius 2 is 1.62 bits per heavy atom. The van der Waals surface area contributed by atoms with Gasteiger partial charge in [0.05, 0.1) is 5.69 Å². The summed E-state index contributed by atoms with van der Waals surface area (Å²) in [6.07, 6.45) is 0. The molecule has 0 amide bonds. The first-order valence-electron chi connectivity index (χ1n) is 7.68. The van der Waals surface area contributed by atoms with Crippen molar-refractivity contribution < 1.29 is 17.6 Å². The number of hydrogen-bond acceptors (Lipinski definition) is 3. The Kier molecular flexibility index (Phi) is 4.75. The zero-order valence-corrected chi connectivity index (χ0v) is 13.6. The van der Waals surface area contributed by atoms with Gasteiger partial charge >= 0.3 is 0 Å². The molecule has 0 saturated heterocycles. The molecule has 1 aromatic heterocycles. The molecule has 0 aliphatic rings. The fraction of sp³-hybridized carbons (Fsp3) is 0.111. The van der Waals surface area contributed by atoms with E-state index in [1.807, 2.05) is 0 Å². The molecule has 0 bridgehead atoms. The van der Waals surface area contributed by atoms with Crippen LogP contribution in [0.1, 0.15) is 6.92 Å². The van der Waals surface area contributed by atoms with Crippen LogP contribution in [0.2, 0.25) is 0 Å². The molecule has 2 aromatic carbocycles.